The van der Waals surface area contributed by atoms with E-state index < -0.39 is 0 Å². The van der Waals surface area contributed by atoms with Gasteiger partial charge in [-0.15, -0.1) is 11.3 Å². The fraction of sp³-hybridized carbons (Fsp3) is 0. The Kier molecular flexibility index (Phi) is 6.68. The van der Waals surface area contributed by atoms with Gasteiger partial charge in [0.2, 0.25) is 0 Å². The van der Waals surface area contributed by atoms with Gasteiger partial charge in [0.1, 0.15) is 11.2 Å². The van der Waals surface area contributed by atoms with E-state index in [1.807, 2.05) is 29.5 Å². The molecule has 0 amide bonds. The summed E-state index contributed by atoms with van der Waals surface area (Å²) in [5.74, 6) is 0.670. The number of furan rings is 1. The van der Waals surface area contributed by atoms with Crippen LogP contribution < -0.4 is 0 Å². The standard InChI is InChI=1S/C46H28N2OS/c1-3-14-29(15-4-1)31-18-7-8-19-34(31)46-47-38(30-16-5-2-6-17-30)28-39(48-46)35-27-26-33(44-36-20-9-11-23-40(36)49-45(35)44)32-22-13-25-42-43(32)37-21-10-12-24-41(37)50-42/h1-28H. The first kappa shape index (κ1) is 28.6. The lowest BCUT2D eigenvalue weighted by Gasteiger charge is -2.14. The third-order valence-corrected chi connectivity index (χ3v) is 10.7. The first-order valence-corrected chi connectivity index (χ1v) is 17.6. The molecule has 0 aliphatic carbocycles. The van der Waals surface area contributed by atoms with Gasteiger partial charge < -0.3 is 4.42 Å². The molecule has 3 nitrogen and oxygen atoms in total. The molecule has 0 saturated carbocycles. The van der Waals surface area contributed by atoms with Crippen molar-refractivity contribution in [2.75, 3.05) is 0 Å². The van der Waals surface area contributed by atoms with Crippen molar-refractivity contribution in [3.8, 4) is 56.2 Å². The van der Waals surface area contributed by atoms with E-state index in [4.69, 9.17) is 14.4 Å². The van der Waals surface area contributed by atoms with E-state index >= 15 is 0 Å². The Bertz CT molecular complexity index is 2870. The Morgan fingerprint density at radius 3 is 1.84 bits per heavy atom. The molecule has 10 rings (SSSR count). The van der Waals surface area contributed by atoms with E-state index in [-0.39, 0.29) is 0 Å². The molecule has 0 aliphatic rings. The van der Waals surface area contributed by atoms with Gasteiger partial charge in [-0.3, -0.25) is 0 Å². The van der Waals surface area contributed by atoms with Crippen LogP contribution in [0.3, 0.4) is 0 Å². The predicted octanol–water partition coefficient (Wildman–Crippen LogP) is 13.1. The molecule has 234 valence electrons. The molecule has 0 saturated heterocycles. The Morgan fingerprint density at radius 1 is 0.400 bits per heavy atom. The lowest BCUT2D eigenvalue weighted by molar-refractivity contribution is 0.670. The second-order valence-corrected chi connectivity index (χ2v) is 13.6. The van der Waals surface area contributed by atoms with Gasteiger partial charge in [0.25, 0.3) is 0 Å². The topological polar surface area (TPSA) is 38.9 Å². The molecule has 7 aromatic carbocycles. The summed E-state index contributed by atoms with van der Waals surface area (Å²) in [5.41, 5.74) is 10.8. The van der Waals surface area contributed by atoms with E-state index in [0.717, 1.165) is 66.7 Å². The Labute approximate surface area is 292 Å². The van der Waals surface area contributed by atoms with Crippen molar-refractivity contribution in [1.82, 2.24) is 9.97 Å². The zero-order valence-electron chi connectivity index (χ0n) is 26.9. The summed E-state index contributed by atoms with van der Waals surface area (Å²) in [5, 5.41) is 4.73. The van der Waals surface area contributed by atoms with Gasteiger partial charge in [-0.05, 0) is 52.6 Å². The zero-order valence-corrected chi connectivity index (χ0v) is 27.7. The number of hydrogen-bond acceptors (Lipinski definition) is 4. The molecule has 3 aromatic heterocycles. The van der Waals surface area contributed by atoms with Crippen LogP contribution in [0.15, 0.2) is 174 Å². The van der Waals surface area contributed by atoms with Crippen molar-refractivity contribution in [1.29, 1.82) is 0 Å². The van der Waals surface area contributed by atoms with E-state index in [9.17, 15) is 0 Å². The van der Waals surface area contributed by atoms with Gasteiger partial charge in [0.15, 0.2) is 5.82 Å². The van der Waals surface area contributed by atoms with Crippen LogP contribution in [-0.4, -0.2) is 9.97 Å². The van der Waals surface area contributed by atoms with Crippen molar-refractivity contribution in [3.63, 3.8) is 0 Å². The number of para-hydroxylation sites is 1. The van der Waals surface area contributed by atoms with Crippen molar-refractivity contribution < 1.29 is 4.42 Å². The molecule has 0 N–H and O–H groups in total. The molecule has 0 unspecified atom stereocenters. The van der Waals surface area contributed by atoms with E-state index in [1.165, 1.54) is 25.7 Å². The van der Waals surface area contributed by atoms with Crippen LogP contribution in [0.25, 0.3) is 98.3 Å². The van der Waals surface area contributed by atoms with Crippen molar-refractivity contribution >= 4 is 53.4 Å². The lowest BCUT2D eigenvalue weighted by Crippen LogP contribution is -1.98. The quantitative estimate of drug-likeness (QED) is 0.185. The van der Waals surface area contributed by atoms with Crippen LogP contribution in [0.2, 0.25) is 0 Å². The molecule has 0 spiro atoms. The minimum absolute atomic E-state index is 0.670. The maximum atomic E-state index is 6.81. The van der Waals surface area contributed by atoms with E-state index in [0.29, 0.717) is 5.82 Å². The second-order valence-electron chi connectivity index (χ2n) is 12.5. The van der Waals surface area contributed by atoms with Gasteiger partial charge in [-0.1, -0.05) is 140 Å². The van der Waals surface area contributed by atoms with Gasteiger partial charge in [0.05, 0.1) is 11.4 Å². The summed E-state index contributed by atoms with van der Waals surface area (Å²) in [6.07, 6.45) is 0. The largest absolute Gasteiger partial charge is 0.455 e. The molecular weight excluding hydrogens is 629 g/mol. The highest BCUT2D eigenvalue weighted by atomic mass is 32.1. The van der Waals surface area contributed by atoms with Gasteiger partial charge in [-0.2, -0.15) is 0 Å². The number of aromatic nitrogens is 2. The maximum Gasteiger partial charge on any atom is 0.161 e. The number of nitrogens with zero attached hydrogens (tertiary/aromatic N) is 2. The van der Waals surface area contributed by atoms with Gasteiger partial charge >= 0.3 is 0 Å². The zero-order chi connectivity index (χ0) is 33.0. The molecule has 0 atom stereocenters. The SMILES string of the molecule is c1ccc(-c2cc(-c3ccc(-c4cccc5sc6ccccc6c45)c4c3oc3ccccc34)nc(-c3ccccc3-c3ccccc3)n2)cc1. The van der Waals surface area contributed by atoms with Crippen LogP contribution in [0.4, 0.5) is 0 Å². The number of rotatable bonds is 5. The maximum absolute atomic E-state index is 6.81. The van der Waals surface area contributed by atoms with Crippen molar-refractivity contribution in [3.05, 3.63) is 170 Å². The summed E-state index contributed by atoms with van der Waals surface area (Å²) in [4.78, 5) is 10.5. The molecule has 3 heterocycles. The Hall–Kier alpha value is -6.36. The summed E-state index contributed by atoms with van der Waals surface area (Å²) in [7, 11) is 0. The number of fused-ring (bicyclic) bond motifs is 6. The second kappa shape index (κ2) is 11.7. The molecular formula is C46H28N2OS. The highest BCUT2D eigenvalue weighted by Gasteiger charge is 2.22. The highest BCUT2D eigenvalue weighted by molar-refractivity contribution is 7.25. The highest BCUT2D eigenvalue weighted by Crippen LogP contribution is 2.46. The van der Waals surface area contributed by atoms with Gasteiger partial charge in [-0.25, -0.2) is 9.97 Å². The third-order valence-electron chi connectivity index (χ3n) is 9.54. The summed E-state index contributed by atoms with van der Waals surface area (Å²) >= 11 is 1.84. The smallest absolute Gasteiger partial charge is 0.161 e. The number of thiophene rings is 1. The fourth-order valence-electron chi connectivity index (χ4n) is 7.26. The summed E-state index contributed by atoms with van der Waals surface area (Å²) in [6.45, 7) is 0. The molecule has 0 aliphatic heterocycles. The minimum atomic E-state index is 0.670. The van der Waals surface area contributed by atoms with Crippen LogP contribution in [-0.2, 0) is 0 Å². The average Bonchev–Trinajstić information content (AvgIpc) is 3.77. The first-order valence-electron chi connectivity index (χ1n) is 16.7. The Balaban J connectivity index is 1.26. The Morgan fingerprint density at radius 2 is 1.00 bits per heavy atom. The van der Waals surface area contributed by atoms with Crippen molar-refractivity contribution in [2.24, 2.45) is 0 Å². The minimum Gasteiger partial charge on any atom is -0.455 e. The van der Waals surface area contributed by atoms with Crippen LogP contribution in [0.5, 0.6) is 0 Å². The number of benzene rings is 7. The molecule has 4 heteroatoms. The van der Waals surface area contributed by atoms with Crippen molar-refractivity contribution in [2.45, 2.75) is 0 Å². The lowest BCUT2D eigenvalue weighted by atomic mass is 9.93. The first-order chi connectivity index (χ1) is 24.8. The van der Waals surface area contributed by atoms with Crippen LogP contribution in [0.1, 0.15) is 0 Å². The monoisotopic (exact) mass is 656 g/mol. The molecule has 0 bridgehead atoms. The van der Waals surface area contributed by atoms with Gasteiger partial charge in [0, 0.05) is 47.6 Å². The fourth-order valence-corrected chi connectivity index (χ4v) is 8.40. The predicted molar refractivity (Wildman–Crippen MR) is 209 cm³/mol. The van der Waals surface area contributed by atoms with Crippen LogP contribution in [0, 0.1) is 0 Å². The van der Waals surface area contributed by atoms with E-state index in [1.54, 1.807) is 0 Å². The van der Waals surface area contributed by atoms with Crippen LogP contribution >= 0.6 is 11.3 Å². The average molecular weight is 657 g/mol. The molecule has 50 heavy (non-hydrogen) atoms. The molecule has 0 fully saturated rings. The third kappa shape index (κ3) is 4.65. The molecule has 10 aromatic rings. The summed E-state index contributed by atoms with van der Waals surface area (Å²) < 4.78 is 9.37. The van der Waals surface area contributed by atoms with E-state index in [2.05, 4.69) is 152 Å². The normalized spacial score (nSPS) is 11.6. The number of hydrogen-bond donors (Lipinski definition) is 0. The summed E-state index contributed by atoms with van der Waals surface area (Å²) in [6, 6.07) is 59.4. The molecule has 0 radical (unpaired) electrons.